The van der Waals surface area contributed by atoms with Gasteiger partial charge in [0, 0.05) is 26.7 Å². The van der Waals surface area contributed by atoms with E-state index in [9.17, 15) is 9.59 Å². The van der Waals surface area contributed by atoms with Crippen molar-refractivity contribution in [1.29, 1.82) is 0 Å². The summed E-state index contributed by atoms with van der Waals surface area (Å²) in [5.41, 5.74) is 0.0695. The number of hydrogen-bond acceptors (Lipinski definition) is 5. The molecule has 0 aromatic carbocycles. The lowest BCUT2D eigenvalue weighted by Crippen LogP contribution is -2.46. The maximum absolute atomic E-state index is 12.1. The summed E-state index contributed by atoms with van der Waals surface area (Å²) < 4.78 is 11.8. The fraction of sp³-hybridized carbons (Fsp3) is 0.643. The van der Waals surface area contributed by atoms with E-state index in [4.69, 9.17) is 9.47 Å². The van der Waals surface area contributed by atoms with Crippen LogP contribution >= 0.6 is 0 Å². The lowest BCUT2D eigenvalue weighted by molar-refractivity contribution is -0.146. The number of likely N-dealkylation sites (N-methyl/N-ethyl adjacent to an activating group) is 1. The molecular weight excluding hydrogens is 274 g/mol. The lowest BCUT2D eigenvalue weighted by atomic mass is 10.1. The molecule has 0 bridgehead atoms. The molecule has 1 rings (SSSR count). The van der Waals surface area contributed by atoms with Gasteiger partial charge in [-0.15, -0.1) is 0 Å². The molecule has 0 fully saturated rings. The molecule has 7 nitrogen and oxygen atoms in total. The molecule has 0 saturated carbocycles. The summed E-state index contributed by atoms with van der Waals surface area (Å²) in [7, 11) is 4.64. The van der Waals surface area contributed by atoms with E-state index in [2.05, 4.69) is 4.98 Å². The molecule has 0 radical (unpaired) electrons. The van der Waals surface area contributed by atoms with Gasteiger partial charge < -0.3 is 14.0 Å². The first-order valence-corrected chi connectivity index (χ1v) is 6.64. The van der Waals surface area contributed by atoms with E-state index >= 15 is 0 Å². The van der Waals surface area contributed by atoms with Gasteiger partial charge in [-0.25, -0.2) is 14.6 Å². The van der Waals surface area contributed by atoms with E-state index in [1.54, 1.807) is 37.9 Å². The van der Waals surface area contributed by atoms with Crippen LogP contribution in [0, 0.1) is 0 Å². The molecule has 0 aliphatic heterocycles. The van der Waals surface area contributed by atoms with Crippen molar-refractivity contribution in [1.82, 2.24) is 14.5 Å². The van der Waals surface area contributed by atoms with Crippen LogP contribution in [-0.4, -0.2) is 52.3 Å². The van der Waals surface area contributed by atoms with Crippen LogP contribution in [0.5, 0.6) is 0 Å². The molecule has 1 amide bonds. The normalized spacial score (nSPS) is 12.7. The topological polar surface area (TPSA) is 73.7 Å². The molecule has 1 heterocycles. The first-order valence-electron chi connectivity index (χ1n) is 6.64. The van der Waals surface area contributed by atoms with Gasteiger partial charge in [-0.3, -0.25) is 4.90 Å². The Labute approximate surface area is 124 Å². The van der Waals surface area contributed by atoms with Gasteiger partial charge in [0.15, 0.2) is 0 Å². The predicted octanol–water partition coefficient (Wildman–Crippen LogP) is 1.37. The number of aromatic nitrogens is 2. The molecule has 0 saturated heterocycles. The Morgan fingerprint density at radius 1 is 1.43 bits per heavy atom. The largest absolute Gasteiger partial charge is 0.467 e. The minimum Gasteiger partial charge on any atom is -0.467 e. The van der Waals surface area contributed by atoms with Crippen LogP contribution in [-0.2, 0) is 27.7 Å². The van der Waals surface area contributed by atoms with Crippen molar-refractivity contribution in [3.63, 3.8) is 0 Å². The summed E-state index contributed by atoms with van der Waals surface area (Å²) in [6.45, 7) is 5.31. The van der Waals surface area contributed by atoms with Crippen LogP contribution in [0.25, 0.3) is 0 Å². The third kappa shape index (κ3) is 5.09. The van der Waals surface area contributed by atoms with E-state index in [1.165, 1.54) is 19.1 Å². The van der Waals surface area contributed by atoms with Crippen LogP contribution < -0.4 is 0 Å². The number of ether oxygens (including phenoxy) is 2. The van der Waals surface area contributed by atoms with Gasteiger partial charge in [-0.1, -0.05) is 0 Å². The molecule has 118 valence electrons. The van der Waals surface area contributed by atoms with E-state index in [0.717, 1.165) is 0 Å². The summed E-state index contributed by atoms with van der Waals surface area (Å²) in [5.74, 6) is -0.506. The summed E-state index contributed by atoms with van der Waals surface area (Å²) in [6, 6.07) is -0.778. The average molecular weight is 297 g/mol. The highest BCUT2D eigenvalue weighted by Crippen LogP contribution is 2.14. The maximum atomic E-state index is 12.1. The number of amides is 1. The van der Waals surface area contributed by atoms with Gasteiger partial charge in [-0.2, -0.15) is 0 Å². The second-order valence-electron chi connectivity index (χ2n) is 5.86. The number of carbonyl (C=O) groups excluding carboxylic acids is 2. The van der Waals surface area contributed by atoms with Crippen LogP contribution in [0.15, 0.2) is 12.5 Å². The Kier molecular flexibility index (Phi) is 5.34. The van der Waals surface area contributed by atoms with Crippen LogP contribution in [0.4, 0.5) is 4.79 Å². The number of imidazole rings is 1. The van der Waals surface area contributed by atoms with E-state index in [-0.39, 0.29) is 6.42 Å². The van der Waals surface area contributed by atoms with Crippen LogP contribution in [0.2, 0.25) is 0 Å². The first kappa shape index (κ1) is 17.0. The van der Waals surface area contributed by atoms with Gasteiger partial charge in [0.2, 0.25) is 0 Å². The maximum Gasteiger partial charge on any atom is 0.410 e. The standard InChI is InChI=1S/C14H23N3O4/c1-14(2,3)21-13(19)17(5)11(12(18)20-6)7-10-8-16(4)9-15-10/h8-9,11H,7H2,1-6H3/t11-/m0/s1. The summed E-state index contributed by atoms with van der Waals surface area (Å²) >= 11 is 0. The highest BCUT2D eigenvalue weighted by molar-refractivity contribution is 5.81. The number of hydrogen-bond donors (Lipinski definition) is 0. The van der Waals surface area contributed by atoms with Crippen LogP contribution in [0.3, 0.4) is 0 Å². The summed E-state index contributed by atoms with van der Waals surface area (Å²) in [4.78, 5) is 29.4. The number of rotatable bonds is 4. The molecular formula is C14H23N3O4. The summed E-state index contributed by atoms with van der Waals surface area (Å²) in [6.07, 6.45) is 3.12. The number of nitrogens with zero attached hydrogens (tertiary/aromatic N) is 3. The molecule has 21 heavy (non-hydrogen) atoms. The van der Waals surface area contributed by atoms with E-state index < -0.39 is 23.7 Å². The minimum absolute atomic E-state index is 0.267. The molecule has 0 aliphatic rings. The Bertz CT molecular complexity index is 505. The second-order valence-corrected chi connectivity index (χ2v) is 5.86. The van der Waals surface area contributed by atoms with E-state index in [0.29, 0.717) is 5.69 Å². The SMILES string of the molecule is COC(=O)[C@H](Cc1cn(C)cn1)N(C)C(=O)OC(C)(C)C. The zero-order valence-electron chi connectivity index (χ0n) is 13.4. The minimum atomic E-state index is -0.778. The third-order valence-corrected chi connectivity index (χ3v) is 2.78. The third-order valence-electron chi connectivity index (χ3n) is 2.78. The van der Waals surface area contributed by atoms with E-state index in [1.807, 2.05) is 7.05 Å². The monoisotopic (exact) mass is 297 g/mol. The van der Waals surface area contributed by atoms with Gasteiger partial charge in [-0.05, 0) is 20.8 Å². The summed E-state index contributed by atoms with van der Waals surface area (Å²) in [5, 5.41) is 0. The molecule has 1 aromatic rings. The van der Waals surface area contributed by atoms with Crippen molar-refractivity contribution in [2.75, 3.05) is 14.2 Å². The Morgan fingerprint density at radius 2 is 2.05 bits per heavy atom. The second kappa shape index (κ2) is 6.60. The van der Waals surface area contributed by atoms with Crippen molar-refractivity contribution in [3.05, 3.63) is 18.2 Å². The fourth-order valence-corrected chi connectivity index (χ4v) is 1.75. The van der Waals surface area contributed by atoms with Gasteiger partial charge in [0.1, 0.15) is 11.6 Å². The number of esters is 1. The molecule has 1 aromatic heterocycles. The Hall–Kier alpha value is -2.05. The van der Waals surface area contributed by atoms with Crippen molar-refractivity contribution in [2.45, 2.75) is 38.8 Å². The van der Waals surface area contributed by atoms with Crippen molar-refractivity contribution in [3.8, 4) is 0 Å². The van der Waals surface area contributed by atoms with Gasteiger partial charge >= 0.3 is 12.1 Å². The van der Waals surface area contributed by atoms with Gasteiger partial charge in [0.25, 0.3) is 0 Å². The lowest BCUT2D eigenvalue weighted by Gasteiger charge is -2.28. The highest BCUT2D eigenvalue weighted by Gasteiger charge is 2.31. The van der Waals surface area contributed by atoms with Crippen molar-refractivity contribution in [2.24, 2.45) is 7.05 Å². The average Bonchev–Trinajstić information content (AvgIpc) is 2.77. The quantitative estimate of drug-likeness (QED) is 0.785. The Morgan fingerprint density at radius 3 is 2.48 bits per heavy atom. The zero-order chi connectivity index (χ0) is 16.2. The van der Waals surface area contributed by atoms with Gasteiger partial charge in [0.05, 0.1) is 19.1 Å². The smallest absolute Gasteiger partial charge is 0.410 e. The molecule has 0 spiro atoms. The van der Waals surface area contributed by atoms with Crippen molar-refractivity contribution < 1.29 is 19.1 Å². The molecule has 0 aliphatic carbocycles. The number of carbonyl (C=O) groups is 2. The Balaban J connectivity index is 2.86. The zero-order valence-corrected chi connectivity index (χ0v) is 13.4. The molecule has 0 unspecified atom stereocenters. The molecule has 0 N–H and O–H groups in total. The number of aryl methyl sites for hydroxylation is 1. The number of methoxy groups -OCH3 is 1. The fourth-order valence-electron chi connectivity index (χ4n) is 1.75. The van der Waals surface area contributed by atoms with Crippen LogP contribution in [0.1, 0.15) is 26.5 Å². The highest BCUT2D eigenvalue weighted by atomic mass is 16.6. The molecule has 7 heteroatoms. The first-order chi connectivity index (χ1) is 9.64. The molecule has 1 atom stereocenters. The predicted molar refractivity (Wildman–Crippen MR) is 76.7 cm³/mol. The van der Waals surface area contributed by atoms with Crippen molar-refractivity contribution >= 4 is 12.1 Å².